The Morgan fingerprint density at radius 3 is 2.86 bits per heavy atom. The number of hydrogen-bond acceptors (Lipinski definition) is 5. The summed E-state index contributed by atoms with van der Waals surface area (Å²) in [6.45, 7) is 6.48. The number of hydrogen-bond donors (Lipinski definition) is 2. The molecule has 21 heavy (non-hydrogen) atoms. The first-order valence-corrected chi connectivity index (χ1v) is 8.13. The summed E-state index contributed by atoms with van der Waals surface area (Å²) in [5, 5.41) is 14.5. The zero-order chi connectivity index (χ0) is 15.6. The quantitative estimate of drug-likeness (QED) is 0.731. The number of rotatable bonds is 5. The van der Waals surface area contributed by atoms with E-state index in [9.17, 15) is 14.7 Å². The molecular weight excluding hydrogens is 290 g/mol. The molecule has 2 rings (SSSR count). The van der Waals surface area contributed by atoms with Crippen LogP contribution in [-0.4, -0.2) is 57.5 Å². The molecule has 0 aromatic carbocycles. The normalized spacial score (nSPS) is 26.0. The number of aliphatic hydroxyl groups is 1. The van der Waals surface area contributed by atoms with Gasteiger partial charge in [-0.05, 0) is 33.6 Å². The second kappa shape index (κ2) is 6.27. The first-order valence-electron chi connectivity index (χ1n) is 7.19. The van der Waals surface area contributed by atoms with Crippen molar-refractivity contribution in [3.63, 3.8) is 0 Å². The minimum Gasteiger partial charge on any atom is -0.389 e. The minimum absolute atomic E-state index is 0.0213. The third kappa shape index (κ3) is 3.71. The minimum atomic E-state index is -0.955. The van der Waals surface area contributed by atoms with Crippen molar-refractivity contribution in [2.75, 3.05) is 13.1 Å². The van der Waals surface area contributed by atoms with Gasteiger partial charge in [-0.15, -0.1) is 0 Å². The highest BCUT2D eigenvalue weighted by atomic mass is 32.2. The maximum atomic E-state index is 12.7. The number of β-amino-alcohol motifs (C(OH)–C–C–N with tert-alkyl or cyclic N) is 1. The van der Waals surface area contributed by atoms with E-state index in [1.165, 1.54) is 11.8 Å². The van der Waals surface area contributed by atoms with Crippen LogP contribution >= 0.6 is 11.8 Å². The molecule has 1 unspecified atom stereocenters. The summed E-state index contributed by atoms with van der Waals surface area (Å²) >= 11 is 1.38. The van der Waals surface area contributed by atoms with Crippen molar-refractivity contribution in [3.8, 4) is 0 Å². The highest BCUT2D eigenvalue weighted by molar-refractivity contribution is 8.02. The number of nitrogens with zero attached hydrogens (tertiary/aromatic N) is 2. The fourth-order valence-electron chi connectivity index (χ4n) is 2.72. The van der Waals surface area contributed by atoms with Crippen LogP contribution in [0.3, 0.4) is 0 Å². The molecule has 2 aliphatic heterocycles. The molecule has 2 aliphatic rings. The summed E-state index contributed by atoms with van der Waals surface area (Å²) in [6.07, 6.45) is 2.66. The molecule has 0 aromatic rings. The Labute approximate surface area is 129 Å². The summed E-state index contributed by atoms with van der Waals surface area (Å²) in [5.74, 6) is -0.0213. The Bertz CT molecular complexity index is 447. The fraction of sp³-hybridized carbons (Fsp3) is 0.714. The van der Waals surface area contributed by atoms with Crippen LogP contribution in [0.25, 0.3) is 0 Å². The van der Waals surface area contributed by atoms with Gasteiger partial charge >= 0.3 is 0 Å². The van der Waals surface area contributed by atoms with E-state index in [-0.39, 0.29) is 24.0 Å². The Kier molecular flexibility index (Phi) is 4.83. The van der Waals surface area contributed by atoms with Crippen molar-refractivity contribution >= 4 is 24.1 Å². The van der Waals surface area contributed by atoms with Gasteiger partial charge in [0, 0.05) is 24.5 Å². The van der Waals surface area contributed by atoms with Crippen molar-refractivity contribution in [1.29, 1.82) is 0 Å². The second-order valence-corrected chi connectivity index (χ2v) is 7.16. The van der Waals surface area contributed by atoms with E-state index in [2.05, 4.69) is 12.2 Å². The average Bonchev–Trinajstić information content (AvgIpc) is 2.95. The molecule has 2 N–H and O–H groups in total. The van der Waals surface area contributed by atoms with Crippen LogP contribution in [0.1, 0.15) is 33.6 Å². The Balaban J connectivity index is 2.16. The maximum Gasteiger partial charge on any atom is 0.271 e. The van der Waals surface area contributed by atoms with E-state index >= 15 is 0 Å². The van der Waals surface area contributed by atoms with E-state index < -0.39 is 5.60 Å². The first-order chi connectivity index (χ1) is 9.83. The Hall–Kier alpha value is -1.21. The van der Waals surface area contributed by atoms with E-state index in [4.69, 9.17) is 0 Å². The maximum absolute atomic E-state index is 12.7. The van der Waals surface area contributed by atoms with Crippen LogP contribution in [-0.2, 0) is 9.59 Å². The summed E-state index contributed by atoms with van der Waals surface area (Å²) in [7, 11) is 0. The lowest BCUT2D eigenvalue weighted by atomic mass is 10.1. The monoisotopic (exact) mass is 313 g/mol. The molecular formula is C14H23N3O3S. The van der Waals surface area contributed by atoms with Crippen LogP contribution in [0, 0.1) is 0 Å². The zero-order valence-corrected chi connectivity index (χ0v) is 13.5. The van der Waals surface area contributed by atoms with Crippen LogP contribution < -0.4 is 5.32 Å². The Morgan fingerprint density at radius 1 is 1.62 bits per heavy atom. The highest BCUT2D eigenvalue weighted by Gasteiger charge is 2.37. The average molecular weight is 313 g/mol. The number of nitrogens with one attached hydrogen (secondary N) is 1. The van der Waals surface area contributed by atoms with E-state index in [1.54, 1.807) is 24.2 Å². The molecule has 1 saturated heterocycles. The molecule has 0 spiro atoms. The predicted molar refractivity (Wildman–Crippen MR) is 82.1 cm³/mol. The number of amides is 2. The van der Waals surface area contributed by atoms with Crippen molar-refractivity contribution < 1.29 is 14.7 Å². The van der Waals surface area contributed by atoms with Gasteiger partial charge in [-0.25, -0.2) is 0 Å². The lowest BCUT2D eigenvalue weighted by Crippen LogP contribution is -2.49. The number of likely N-dealkylation sites (tertiary alicyclic amines) is 1. The van der Waals surface area contributed by atoms with E-state index in [1.807, 2.05) is 4.90 Å². The Morgan fingerprint density at radius 2 is 2.33 bits per heavy atom. The van der Waals surface area contributed by atoms with Gasteiger partial charge in [-0.2, -0.15) is 0 Å². The third-order valence-electron chi connectivity index (χ3n) is 3.70. The summed E-state index contributed by atoms with van der Waals surface area (Å²) < 4.78 is 0. The van der Waals surface area contributed by atoms with E-state index in [0.717, 1.165) is 19.4 Å². The van der Waals surface area contributed by atoms with Crippen LogP contribution in [0.4, 0.5) is 0 Å². The van der Waals surface area contributed by atoms with Crippen LogP contribution in [0.2, 0.25) is 0 Å². The van der Waals surface area contributed by atoms with E-state index in [0.29, 0.717) is 12.1 Å². The SMILES string of the molecule is CC1CCCN1C(=O)C1=CS[C@@H](NC=O)N1CC(C)(C)O. The highest BCUT2D eigenvalue weighted by Crippen LogP contribution is 2.33. The smallest absolute Gasteiger partial charge is 0.271 e. The number of thioether (sulfide) groups is 1. The van der Waals surface area contributed by atoms with Gasteiger partial charge in [-0.3, -0.25) is 9.59 Å². The molecule has 0 aromatic heterocycles. The standard InChI is InChI=1S/C14H23N3O3S/c1-10-5-4-6-16(10)12(19)11-7-21-13(15-9-18)17(11)8-14(2,3)20/h7,9-10,13,20H,4-6,8H2,1-3H3,(H,15,18)/t10?,13-/m0/s1. The molecule has 0 radical (unpaired) electrons. The first kappa shape index (κ1) is 16.2. The van der Waals surface area contributed by atoms with Crippen molar-refractivity contribution in [2.24, 2.45) is 0 Å². The number of carbonyl (C=O) groups excluding carboxylic acids is 2. The molecule has 1 fully saturated rings. The molecule has 0 aliphatic carbocycles. The van der Waals surface area contributed by atoms with Crippen molar-refractivity contribution in [3.05, 3.63) is 11.1 Å². The van der Waals surface area contributed by atoms with Crippen molar-refractivity contribution in [2.45, 2.75) is 50.8 Å². The lowest BCUT2D eigenvalue weighted by molar-refractivity contribution is -0.130. The summed E-state index contributed by atoms with van der Waals surface area (Å²) in [4.78, 5) is 27.1. The van der Waals surface area contributed by atoms with Crippen LogP contribution in [0.15, 0.2) is 11.1 Å². The van der Waals surface area contributed by atoms with Crippen molar-refractivity contribution in [1.82, 2.24) is 15.1 Å². The zero-order valence-electron chi connectivity index (χ0n) is 12.7. The van der Waals surface area contributed by atoms with Gasteiger partial charge in [0.1, 0.15) is 5.70 Å². The third-order valence-corrected chi connectivity index (χ3v) is 4.71. The molecule has 2 heterocycles. The second-order valence-electron chi connectivity index (χ2n) is 6.21. The molecule has 6 nitrogen and oxygen atoms in total. The largest absolute Gasteiger partial charge is 0.389 e. The van der Waals surface area contributed by atoms with Gasteiger partial charge in [0.05, 0.1) is 5.60 Å². The van der Waals surface area contributed by atoms with Gasteiger partial charge in [0.2, 0.25) is 6.41 Å². The van der Waals surface area contributed by atoms with Gasteiger partial charge in [0.25, 0.3) is 5.91 Å². The predicted octanol–water partition coefficient (Wildman–Crippen LogP) is 0.688. The fourth-order valence-corrected chi connectivity index (χ4v) is 3.69. The lowest BCUT2D eigenvalue weighted by Gasteiger charge is -2.34. The molecule has 2 amide bonds. The summed E-state index contributed by atoms with van der Waals surface area (Å²) in [5.41, 5.74) is -0.745. The molecule has 0 bridgehead atoms. The van der Waals surface area contributed by atoms with Gasteiger partial charge in [0.15, 0.2) is 5.50 Å². The topological polar surface area (TPSA) is 72.9 Å². The molecule has 2 atom stereocenters. The van der Waals surface area contributed by atoms with Crippen LogP contribution in [0.5, 0.6) is 0 Å². The molecule has 7 heteroatoms. The molecule has 118 valence electrons. The number of carbonyl (C=O) groups is 2. The molecule has 0 saturated carbocycles. The summed E-state index contributed by atoms with van der Waals surface area (Å²) in [6, 6.07) is 0.241. The van der Waals surface area contributed by atoms with Gasteiger partial charge < -0.3 is 20.2 Å². The van der Waals surface area contributed by atoms with Gasteiger partial charge in [-0.1, -0.05) is 11.8 Å².